The van der Waals surface area contributed by atoms with E-state index in [0.29, 0.717) is 26.6 Å². The number of rotatable bonds is 6. The fourth-order valence-electron chi connectivity index (χ4n) is 7.33. The largest absolute Gasteiger partial charge is 0.360 e. The van der Waals surface area contributed by atoms with E-state index in [1.165, 1.54) is 0 Å². The van der Waals surface area contributed by atoms with Crippen LogP contribution < -0.4 is 22.2 Å². The minimum atomic E-state index is -0.263. The lowest BCUT2D eigenvalue weighted by Gasteiger charge is -2.21. The quantitative estimate of drug-likeness (QED) is 0.148. The molecule has 0 spiro atoms. The maximum atomic E-state index is 13.5. The first-order valence-corrected chi connectivity index (χ1v) is 20.5. The van der Waals surface area contributed by atoms with Crippen molar-refractivity contribution >= 4 is 72.8 Å². The van der Waals surface area contributed by atoms with Crippen molar-refractivity contribution in [2.45, 2.75) is 32.9 Å². The van der Waals surface area contributed by atoms with Crippen LogP contribution in [0.2, 0.25) is 10.0 Å². The first-order valence-electron chi connectivity index (χ1n) is 19.7. The Labute approximate surface area is 365 Å². The highest BCUT2D eigenvalue weighted by atomic mass is 35.5. The Morgan fingerprint density at radius 1 is 0.677 bits per heavy atom. The van der Waals surface area contributed by atoms with Crippen LogP contribution in [0.5, 0.6) is 0 Å². The number of hydrogen-bond donors (Lipinski definition) is 3. The number of hydrogen-bond acceptors (Lipinski definition) is 9. The van der Waals surface area contributed by atoms with Crippen LogP contribution in [0.15, 0.2) is 150 Å². The minimum absolute atomic E-state index is 0.142. The molecule has 62 heavy (non-hydrogen) atoms. The zero-order valence-corrected chi connectivity index (χ0v) is 35.7. The van der Waals surface area contributed by atoms with Crippen LogP contribution in [0.4, 0.5) is 5.82 Å². The number of benzene rings is 4. The molecule has 0 aliphatic rings. The molecular weight excluding hydrogens is 821 g/mol. The van der Waals surface area contributed by atoms with E-state index in [1.807, 2.05) is 136 Å². The molecule has 10 aromatic rings. The normalized spacial score (nSPS) is 12.1. The predicted molar refractivity (Wildman–Crippen MR) is 249 cm³/mol. The van der Waals surface area contributed by atoms with Crippen molar-refractivity contribution in [2.24, 2.45) is 12.8 Å². The number of nitrogens with one attached hydrogen (secondary N) is 2. The summed E-state index contributed by atoms with van der Waals surface area (Å²) in [6, 6.07) is 35.3. The lowest BCUT2D eigenvalue weighted by atomic mass is 10.1. The van der Waals surface area contributed by atoms with Gasteiger partial charge in [0.2, 0.25) is 0 Å². The molecule has 0 saturated heterocycles. The molecule has 6 aromatic heterocycles. The van der Waals surface area contributed by atoms with Crippen LogP contribution in [0.3, 0.4) is 0 Å². The molecule has 0 unspecified atom stereocenters. The molecule has 15 heteroatoms. The Kier molecular flexibility index (Phi) is 11.9. The van der Waals surface area contributed by atoms with Crippen LogP contribution in [-0.4, -0.2) is 43.6 Å². The second-order valence-corrected chi connectivity index (χ2v) is 15.4. The Morgan fingerprint density at radius 3 is 1.84 bits per heavy atom. The maximum absolute atomic E-state index is 13.5. The number of H-pyrrole nitrogens is 1. The van der Waals surface area contributed by atoms with E-state index in [1.54, 1.807) is 46.4 Å². The van der Waals surface area contributed by atoms with Gasteiger partial charge in [-0.05, 0) is 86.1 Å². The third kappa shape index (κ3) is 8.16. The molecule has 0 aliphatic heterocycles. The number of fused-ring (bicyclic) bond motifs is 4. The van der Waals surface area contributed by atoms with E-state index in [2.05, 4.69) is 35.2 Å². The monoisotopic (exact) mass is 861 g/mol. The van der Waals surface area contributed by atoms with Gasteiger partial charge in [0.15, 0.2) is 11.5 Å². The molecule has 13 nitrogen and oxygen atoms in total. The summed E-state index contributed by atoms with van der Waals surface area (Å²) in [6.45, 7) is 5.79. The summed E-state index contributed by atoms with van der Waals surface area (Å²) in [7, 11) is 1.92. The molecule has 0 fully saturated rings. The number of imidazole rings is 2. The van der Waals surface area contributed by atoms with Crippen molar-refractivity contribution < 1.29 is 0 Å². The number of para-hydroxylation sites is 2. The van der Waals surface area contributed by atoms with Crippen LogP contribution >= 0.6 is 23.2 Å². The number of aromatic amines is 1. The molecule has 310 valence electrons. The summed E-state index contributed by atoms with van der Waals surface area (Å²) >= 11 is 12.6. The van der Waals surface area contributed by atoms with Crippen molar-refractivity contribution in [1.29, 1.82) is 0 Å². The van der Waals surface area contributed by atoms with Crippen LogP contribution in [-0.2, 0) is 7.05 Å². The van der Waals surface area contributed by atoms with Crippen molar-refractivity contribution in [3.05, 3.63) is 188 Å². The first kappa shape index (κ1) is 41.5. The molecule has 4 N–H and O–H groups in total. The van der Waals surface area contributed by atoms with E-state index in [-0.39, 0.29) is 23.2 Å². The number of anilines is 1. The molecule has 6 heterocycles. The van der Waals surface area contributed by atoms with Crippen LogP contribution in [0, 0.1) is 6.92 Å². The summed E-state index contributed by atoms with van der Waals surface area (Å²) in [6.07, 6.45) is 6.66. The second kappa shape index (κ2) is 17.8. The van der Waals surface area contributed by atoms with Gasteiger partial charge in [0.05, 0.1) is 50.7 Å². The molecule has 0 radical (unpaired) electrons. The lowest BCUT2D eigenvalue weighted by Crippen LogP contribution is -2.25. The van der Waals surface area contributed by atoms with Gasteiger partial charge in [-0.25, -0.2) is 24.9 Å². The van der Waals surface area contributed by atoms with Gasteiger partial charge in [0, 0.05) is 42.0 Å². The summed E-state index contributed by atoms with van der Waals surface area (Å²) in [5, 5.41) is 6.96. The number of aromatic nitrogens is 9. The molecule has 2 atom stereocenters. The van der Waals surface area contributed by atoms with Gasteiger partial charge in [0.25, 0.3) is 11.1 Å². The van der Waals surface area contributed by atoms with Crippen molar-refractivity contribution in [2.75, 3.05) is 5.32 Å². The van der Waals surface area contributed by atoms with E-state index in [4.69, 9.17) is 28.9 Å². The Bertz CT molecular complexity index is 3330. The summed E-state index contributed by atoms with van der Waals surface area (Å²) < 4.78 is 5.22. The molecule has 0 saturated carbocycles. The van der Waals surface area contributed by atoms with Crippen LogP contribution in [0.25, 0.3) is 55.1 Å². The van der Waals surface area contributed by atoms with E-state index < -0.39 is 0 Å². The van der Waals surface area contributed by atoms with Crippen molar-refractivity contribution in [1.82, 2.24) is 43.6 Å². The van der Waals surface area contributed by atoms with Crippen LogP contribution in [0.1, 0.15) is 43.0 Å². The van der Waals surface area contributed by atoms with Gasteiger partial charge < -0.3 is 20.6 Å². The third-order valence-electron chi connectivity index (χ3n) is 10.4. The fourth-order valence-corrected chi connectivity index (χ4v) is 7.86. The number of nitrogens with zero attached hydrogens (tertiary/aromatic N) is 8. The number of pyridine rings is 3. The number of halogens is 2. The number of nitrogens with two attached hydrogens (primary N) is 1. The molecule has 0 bridgehead atoms. The molecular formula is C47H41Cl2N11O2. The van der Waals surface area contributed by atoms with Gasteiger partial charge >= 0.3 is 0 Å². The van der Waals surface area contributed by atoms with Gasteiger partial charge in [-0.15, -0.1) is 0 Å². The number of aryl methyl sites for hydroxylation is 2. The third-order valence-corrected chi connectivity index (χ3v) is 11.0. The summed E-state index contributed by atoms with van der Waals surface area (Å²) in [5.74, 6) is 0.652. The standard InChI is InChI=1S/C23H18ClN5O.C17H15ClN2O.C7H8N4/c1-14(28-22-21-18(10-11-25-22)26-13-27-21)19-12-15-6-5-9-17(24)20(15)23(30)29(19)16-7-3-2-4-8-16;1-11(19)15-10-12-6-5-9-14(18)16(12)17(21)20(15)13-7-3-2-4-8-13;1-5-6-7(9-3-8-5)11(2)4-10-6/h2-14H,1H3,(H,25,28)(H,26,27);2-11H,19H2,1H3;3-4H,1-2H3/t14-;11-;/m00./s1. The molecule has 4 aromatic carbocycles. The Morgan fingerprint density at radius 2 is 1.26 bits per heavy atom. The van der Waals surface area contributed by atoms with Crippen molar-refractivity contribution in [3.8, 4) is 11.4 Å². The highest BCUT2D eigenvalue weighted by molar-refractivity contribution is 6.35. The topological polar surface area (TPSA) is 167 Å². The summed E-state index contributed by atoms with van der Waals surface area (Å²) in [5.41, 5.74) is 13.2. The Balaban J connectivity index is 0.000000143. The van der Waals surface area contributed by atoms with E-state index in [9.17, 15) is 9.59 Å². The zero-order valence-electron chi connectivity index (χ0n) is 34.2. The molecule has 10 rings (SSSR count). The average molecular weight is 863 g/mol. The molecule has 0 aliphatic carbocycles. The maximum Gasteiger partial charge on any atom is 0.264 e. The lowest BCUT2D eigenvalue weighted by molar-refractivity contribution is 0.734. The first-order chi connectivity index (χ1) is 30.0. The van der Waals surface area contributed by atoms with Gasteiger partial charge in [-0.1, -0.05) is 83.9 Å². The van der Waals surface area contributed by atoms with Gasteiger partial charge in [0.1, 0.15) is 17.4 Å². The summed E-state index contributed by atoms with van der Waals surface area (Å²) in [4.78, 5) is 50.6. The smallest absolute Gasteiger partial charge is 0.264 e. The van der Waals surface area contributed by atoms with Crippen molar-refractivity contribution in [3.63, 3.8) is 0 Å². The zero-order chi connectivity index (χ0) is 43.5. The van der Waals surface area contributed by atoms with E-state index >= 15 is 0 Å². The SMILES string of the molecule is C[C@H](N)c1cc2cccc(Cl)c2c(=O)n1-c1ccccc1.C[C@H](Nc1nccc2[nH]cnc12)c1cc2cccc(Cl)c2c(=O)n1-c1ccccc1.Cc1ncnc2c1ncn2C. The predicted octanol–water partition coefficient (Wildman–Crippen LogP) is 9.42. The van der Waals surface area contributed by atoms with Gasteiger partial charge in [-0.3, -0.25) is 18.7 Å². The average Bonchev–Trinajstić information content (AvgIpc) is 3.92. The Hall–Kier alpha value is -7.19. The fraction of sp³-hybridized carbons (Fsp3) is 0.128. The molecule has 0 amide bonds. The second-order valence-electron chi connectivity index (χ2n) is 14.6. The van der Waals surface area contributed by atoms with Gasteiger partial charge in [-0.2, -0.15) is 0 Å². The highest BCUT2D eigenvalue weighted by Crippen LogP contribution is 2.29. The highest BCUT2D eigenvalue weighted by Gasteiger charge is 2.20. The van der Waals surface area contributed by atoms with E-state index in [0.717, 1.165) is 61.4 Å². The minimum Gasteiger partial charge on any atom is -0.360 e.